The summed E-state index contributed by atoms with van der Waals surface area (Å²) in [6.45, 7) is 3.98. The standard InChI is InChI=1S/C19H22N4OS/c1-13(17-11-20-23(3)14(17)2)21-18(24)10-16-12-25-19(22-16)9-15-7-5-4-6-8-15/h4-8,11-13H,9-10H2,1-3H3,(H,21,24)/t13-/m1/s1. The number of aryl methyl sites for hydroxylation is 1. The van der Waals surface area contributed by atoms with E-state index in [9.17, 15) is 4.79 Å². The molecule has 1 N–H and O–H groups in total. The van der Waals surface area contributed by atoms with Gasteiger partial charge in [-0.05, 0) is 19.4 Å². The number of rotatable bonds is 6. The highest BCUT2D eigenvalue weighted by Crippen LogP contribution is 2.17. The first-order chi connectivity index (χ1) is 12.0. The third kappa shape index (κ3) is 4.33. The van der Waals surface area contributed by atoms with E-state index in [1.165, 1.54) is 5.56 Å². The molecule has 0 bridgehead atoms. The Bertz CT molecular complexity index is 853. The molecule has 0 aliphatic rings. The fraction of sp³-hybridized carbons (Fsp3) is 0.316. The molecule has 1 amide bonds. The number of carbonyl (C=O) groups excluding carboxylic acids is 1. The van der Waals surface area contributed by atoms with Crippen molar-refractivity contribution in [3.05, 3.63) is 69.4 Å². The zero-order chi connectivity index (χ0) is 17.8. The summed E-state index contributed by atoms with van der Waals surface area (Å²) in [5, 5.41) is 10.3. The van der Waals surface area contributed by atoms with Crippen LogP contribution in [-0.2, 0) is 24.7 Å². The van der Waals surface area contributed by atoms with E-state index in [2.05, 4.69) is 27.5 Å². The minimum Gasteiger partial charge on any atom is -0.349 e. The Morgan fingerprint density at radius 3 is 2.76 bits per heavy atom. The molecule has 130 valence electrons. The Hall–Kier alpha value is -2.47. The quantitative estimate of drug-likeness (QED) is 0.739. The van der Waals surface area contributed by atoms with E-state index in [0.29, 0.717) is 6.42 Å². The number of nitrogens with zero attached hydrogens (tertiary/aromatic N) is 3. The van der Waals surface area contributed by atoms with Gasteiger partial charge >= 0.3 is 0 Å². The zero-order valence-corrected chi connectivity index (χ0v) is 15.5. The number of thiazole rings is 1. The van der Waals surface area contributed by atoms with Crippen molar-refractivity contribution in [2.75, 3.05) is 0 Å². The van der Waals surface area contributed by atoms with E-state index < -0.39 is 0 Å². The summed E-state index contributed by atoms with van der Waals surface area (Å²) >= 11 is 1.60. The third-order valence-corrected chi connectivity index (χ3v) is 5.15. The first-order valence-electron chi connectivity index (χ1n) is 8.28. The molecule has 0 unspecified atom stereocenters. The molecular weight excluding hydrogens is 332 g/mol. The lowest BCUT2D eigenvalue weighted by atomic mass is 10.1. The van der Waals surface area contributed by atoms with Gasteiger partial charge in [0.1, 0.15) is 0 Å². The van der Waals surface area contributed by atoms with Gasteiger partial charge in [-0.15, -0.1) is 11.3 Å². The van der Waals surface area contributed by atoms with Gasteiger partial charge in [-0.2, -0.15) is 5.10 Å². The molecule has 6 heteroatoms. The average molecular weight is 354 g/mol. The van der Waals surface area contributed by atoms with Gasteiger partial charge in [-0.3, -0.25) is 9.48 Å². The van der Waals surface area contributed by atoms with Crippen LogP contribution in [0.15, 0.2) is 41.9 Å². The largest absolute Gasteiger partial charge is 0.349 e. The molecule has 0 spiro atoms. The van der Waals surface area contributed by atoms with Crippen molar-refractivity contribution in [3.63, 3.8) is 0 Å². The van der Waals surface area contributed by atoms with E-state index in [0.717, 1.165) is 28.4 Å². The van der Waals surface area contributed by atoms with Crippen molar-refractivity contribution in [1.29, 1.82) is 0 Å². The fourth-order valence-electron chi connectivity index (χ4n) is 2.76. The highest BCUT2D eigenvalue weighted by molar-refractivity contribution is 7.09. The number of amides is 1. The molecule has 0 aliphatic heterocycles. The fourth-order valence-corrected chi connectivity index (χ4v) is 3.59. The molecule has 2 heterocycles. The molecule has 25 heavy (non-hydrogen) atoms. The number of benzene rings is 1. The summed E-state index contributed by atoms with van der Waals surface area (Å²) in [4.78, 5) is 16.9. The maximum absolute atomic E-state index is 12.3. The summed E-state index contributed by atoms with van der Waals surface area (Å²) in [7, 11) is 1.90. The summed E-state index contributed by atoms with van der Waals surface area (Å²) in [6.07, 6.45) is 2.91. The summed E-state index contributed by atoms with van der Waals surface area (Å²) < 4.78 is 1.81. The second-order valence-electron chi connectivity index (χ2n) is 6.17. The molecule has 3 aromatic rings. The van der Waals surface area contributed by atoms with Crippen LogP contribution in [0.1, 0.15) is 40.5 Å². The molecule has 1 aromatic carbocycles. The SMILES string of the molecule is Cc1c([C@@H](C)NC(=O)Cc2csc(Cc3ccccc3)n2)cnn1C. The normalized spacial score (nSPS) is 12.1. The number of aromatic nitrogens is 3. The lowest BCUT2D eigenvalue weighted by Gasteiger charge is -2.13. The number of carbonyl (C=O) groups is 1. The van der Waals surface area contributed by atoms with E-state index >= 15 is 0 Å². The lowest BCUT2D eigenvalue weighted by molar-refractivity contribution is -0.121. The molecule has 0 saturated heterocycles. The van der Waals surface area contributed by atoms with Gasteiger partial charge in [0.25, 0.3) is 0 Å². The maximum atomic E-state index is 12.3. The smallest absolute Gasteiger partial charge is 0.226 e. The van der Waals surface area contributed by atoms with Crippen LogP contribution in [0.2, 0.25) is 0 Å². The minimum absolute atomic E-state index is 0.0210. The molecule has 0 aliphatic carbocycles. The van der Waals surface area contributed by atoms with Crippen LogP contribution in [-0.4, -0.2) is 20.7 Å². The van der Waals surface area contributed by atoms with Crippen LogP contribution < -0.4 is 5.32 Å². The van der Waals surface area contributed by atoms with Crippen molar-refractivity contribution >= 4 is 17.2 Å². The first kappa shape index (κ1) is 17.4. The van der Waals surface area contributed by atoms with Gasteiger partial charge in [-0.1, -0.05) is 30.3 Å². The van der Waals surface area contributed by atoms with Crippen molar-refractivity contribution in [2.45, 2.75) is 32.7 Å². The summed E-state index contributed by atoms with van der Waals surface area (Å²) in [6, 6.07) is 10.2. The van der Waals surface area contributed by atoms with Gasteiger partial charge in [0, 0.05) is 30.1 Å². The highest BCUT2D eigenvalue weighted by atomic mass is 32.1. The monoisotopic (exact) mass is 354 g/mol. The third-order valence-electron chi connectivity index (χ3n) is 4.26. The zero-order valence-electron chi connectivity index (χ0n) is 14.7. The van der Waals surface area contributed by atoms with Crippen LogP contribution in [0.5, 0.6) is 0 Å². The molecule has 0 radical (unpaired) electrons. The van der Waals surface area contributed by atoms with E-state index in [-0.39, 0.29) is 11.9 Å². The van der Waals surface area contributed by atoms with Crippen molar-refractivity contribution in [3.8, 4) is 0 Å². The van der Waals surface area contributed by atoms with Gasteiger partial charge < -0.3 is 5.32 Å². The van der Waals surface area contributed by atoms with Crippen LogP contribution in [0.4, 0.5) is 0 Å². The van der Waals surface area contributed by atoms with Gasteiger partial charge in [0.2, 0.25) is 5.91 Å². The molecule has 3 rings (SSSR count). The lowest BCUT2D eigenvalue weighted by Crippen LogP contribution is -2.28. The van der Waals surface area contributed by atoms with Crippen molar-refractivity contribution in [2.24, 2.45) is 7.05 Å². The average Bonchev–Trinajstić information content (AvgIpc) is 3.15. The molecule has 5 nitrogen and oxygen atoms in total. The Balaban J connectivity index is 1.57. The topological polar surface area (TPSA) is 59.8 Å². The number of nitrogens with one attached hydrogen (secondary N) is 1. The summed E-state index contributed by atoms with van der Waals surface area (Å²) in [5.41, 5.74) is 4.16. The molecule has 2 aromatic heterocycles. The maximum Gasteiger partial charge on any atom is 0.226 e. The van der Waals surface area contributed by atoms with Crippen LogP contribution >= 0.6 is 11.3 Å². The molecule has 1 atom stereocenters. The second kappa shape index (κ2) is 7.61. The van der Waals surface area contributed by atoms with Crippen molar-refractivity contribution < 1.29 is 4.79 Å². The minimum atomic E-state index is -0.0661. The number of hydrogen-bond acceptors (Lipinski definition) is 4. The number of hydrogen-bond donors (Lipinski definition) is 1. The molecular formula is C19H22N4OS. The van der Waals surface area contributed by atoms with Gasteiger partial charge in [0.15, 0.2) is 0 Å². The first-order valence-corrected chi connectivity index (χ1v) is 9.16. The van der Waals surface area contributed by atoms with Gasteiger partial charge in [-0.25, -0.2) is 4.98 Å². The van der Waals surface area contributed by atoms with Crippen LogP contribution in [0.3, 0.4) is 0 Å². The van der Waals surface area contributed by atoms with Crippen molar-refractivity contribution in [1.82, 2.24) is 20.1 Å². The Morgan fingerprint density at radius 1 is 1.32 bits per heavy atom. The van der Waals surface area contributed by atoms with E-state index in [1.807, 2.05) is 49.2 Å². The Labute approximate surface area is 151 Å². The van der Waals surface area contributed by atoms with Crippen LogP contribution in [0.25, 0.3) is 0 Å². The Kier molecular flexibility index (Phi) is 5.28. The van der Waals surface area contributed by atoms with Gasteiger partial charge in [0.05, 0.1) is 29.4 Å². The predicted octanol–water partition coefficient (Wildman–Crippen LogP) is 3.20. The second-order valence-corrected chi connectivity index (χ2v) is 7.11. The molecule has 0 saturated carbocycles. The summed E-state index contributed by atoms with van der Waals surface area (Å²) in [5.74, 6) is -0.0210. The highest BCUT2D eigenvalue weighted by Gasteiger charge is 2.15. The van der Waals surface area contributed by atoms with Crippen LogP contribution in [0, 0.1) is 6.92 Å². The van der Waals surface area contributed by atoms with E-state index in [4.69, 9.17) is 0 Å². The molecule has 0 fully saturated rings. The Morgan fingerprint density at radius 2 is 2.08 bits per heavy atom. The van der Waals surface area contributed by atoms with E-state index in [1.54, 1.807) is 17.5 Å². The predicted molar refractivity (Wildman–Crippen MR) is 99.6 cm³/mol.